The van der Waals surface area contributed by atoms with Crippen LogP contribution in [0, 0.1) is 11.6 Å². The fraction of sp³-hybridized carbons (Fsp3) is 0.120. The molecule has 0 fully saturated rings. The van der Waals surface area contributed by atoms with E-state index in [0.717, 1.165) is 4.90 Å². The molecule has 0 spiro atoms. The zero-order chi connectivity index (χ0) is 23.5. The molecule has 4 rings (SSSR count). The van der Waals surface area contributed by atoms with Gasteiger partial charge in [-0.3, -0.25) is 14.5 Å². The maximum atomic E-state index is 14.2. The van der Waals surface area contributed by atoms with Gasteiger partial charge in [0, 0.05) is 11.6 Å². The summed E-state index contributed by atoms with van der Waals surface area (Å²) in [7, 11) is 2.97. The molecule has 3 aromatic rings. The summed E-state index contributed by atoms with van der Waals surface area (Å²) in [6.45, 7) is -0.250. The zero-order valence-electron chi connectivity index (χ0n) is 17.9. The van der Waals surface area contributed by atoms with Crippen molar-refractivity contribution in [2.24, 2.45) is 0 Å². The number of methoxy groups -OCH3 is 2. The van der Waals surface area contributed by atoms with Crippen LogP contribution in [0.5, 0.6) is 11.5 Å². The smallest absolute Gasteiger partial charge is 0.278 e. The molecule has 0 unspecified atom stereocenters. The number of imide groups is 1. The van der Waals surface area contributed by atoms with Gasteiger partial charge in [-0.05, 0) is 35.9 Å². The molecule has 0 atom stereocenters. The zero-order valence-corrected chi connectivity index (χ0v) is 17.9. The summed E-state index contributed by atoms with van der Waals surface area (Å²) in [6.07, 6.45) is 0. The largest absolute Gasteiger partial charge is 0.497 e. The Morgan fingerprint density at radius 2 is 1.61 bits per heavy atom. The summed E-state index contributed by atoms with van der Waals surface area (Å²) in [5.74, 6) is -1.34. The minimum atomic E-state index is -0.638. The van der Waals surface area contributed by atoms with Crippen LogP contribution in [-0.4, -0.2) is 30.9 Å². The SMILES string of the molecule is COc1ccc(NC2=C(c3ccc(F)cc3)C(=O)N(Cc3ccccc3F)C2=O)c(OC)c1. The molecule has 8 heteroatoms. The number of nitrogens with one attached hydrogen (secondary N) is 1. The van der Waals surface area contributed by atoms with Crippen LogP contribution in [0.4, 0.5) is 14.5 Å². The Balaban J connectivity index is 1.77. The van der Waals surface area contributed by atoms with Crippen molar-refractivity contribution in [3.63, 3.8) is 0 Å². The molecular formula is C25H20F2N2O4. The highest BCUT2D eigenvalue weighted by Gasteiger charge is 2.39. The van der Waals surface area contributed by atoms with Gasteiger partial charge in [0.25, 0.3) is 11.8 Å². The number of hydrogen-bond acceptors (Lipinski definition) is 5. The maximum Gasteiger partial charge on any atom is 0.278 e. The van der Waals surface area contributed by atoms with Crippen molar-refractivity contribution in [2.45, 2.75) is 6.54 Å². The number of halogens is 2. The topological polar surface area (TPSA) is 67.9 Å². The van der Waals surface area contributed by atoms with Gasteiger partial charge in [0.2, 0.25) is 0 Å². The van der Waals surface area contributed by atoms with E-state index in [1.54, 1.807) is 24.3 Å². The minimum Gasteiger partial charge on any atom is -0.497 e. The van der Waals surface area contributed by atoms with Gasteiger partial charge in [0.1, 0.15) is 28.8 Å². The molecule has 1 N–H and O–H groups in total. The van der Waals surface area contributed by atoms with E-state index in [2.05, 4.69) is 5.32 Å². The molecule has 1 aliphatic heterocycles. The molecule has 33 heavy (non-hydrogen) atoms. The van der Waals surface area contributed by atoms with E-state index >= 15 is 0 Å². The Morgan fingerprint density at radius 3 is 2.27 bits per heavy atom. The highest BCUT2D eigenvalue weighted by atomic mass is 19.1. The summed E-state index contributed by atoms with van der Waals surface area (Å²) < 4.78 is 38.3. The molecule has 0 radical (unpaired) electrons. The van der Waals surface area contributed by atoms with E-state index in [1.165, 1.54) is 56.7 Å². The molecule has 3 aromatic carbocycles. The minimum absolute atomic E-state index is 0.0218. The Bertz CT molecular complexity index is 1260. The van der Waals surface area contributed by atoms with Gasteiger partial charge in [0.05, 0.1) is 32.0 Å². The first-order valence-electron chi connectivity index (χ1n) is 10.0. The van der Waals surface area contributed by atoms with Crippen LogP contribution in [0.25, 0.3) is 5.57 Å². The lowest BCUT2D eigenvalue weighted by atomic mass is 10.0. The van der Waals surface area contributed by atoms with Crippen LogP contribution in [-0.2, 0) is 16.1 Å². The van der Waals surface area contributed by atoms with Gasteiger partial charge in [-0.15, -0.1) is 0 Å². The molecule has 0 saturated heterocycles. The van der Waals surface area contributed by atoms with Crippen LogP contribution in [0.2, 0.25) is 0 Å². The highest BCUT2D eigenvalue weighted by molar-refractivity contribution is 6.36. The average molecular weight is 450 g/mol. The fourth-order valence-corrected chi connectivity index (χ4v) is 3.55. The van der Waals surface area contributed by atoms with E-state index < -0.39 is 23.4 Å². The van der Waals surface area contributed by atoms with Crippen molar-refractivity contribution in [2.75, 3.05) is 19.5 Å². The Labute approximate surface area is 189 Å². The second kappa shape index (κ2) is 9.12. The monoisotopic (exact) mass is 450 g/mol. The number of ether oxygens (including phenoxy) is 2. The van der Waals surface area contributed by atoms with E-state index in [9.17, 15) is 18.4 Å². The Morgan fingerprint density at radius 1 is 0.879 bits per heavy atom. The quantitative estimate of drug-likeness (QED) is 0.542. The number of hydrogen-bond donors (Lipinski definition) is 1. The molecule has 168 valence electrons. The van der Waals surface area contributed by atoms with Gasteiger partial charge in [0.15, 0.2) is 0 Å². The fourth-order valence-electron chi connectivity index (χ4n) is 3.55. The number of nitrogens with zero attached hydrogens (tertiary/aromatic N) is 1. The summed E-state index contributed by atoms with van der Waals surface area (Å²) in [6, 6.07) is 16.1. The maximum absolute atomic E-state index is 14.2. The van der Waals surface area contributed by atoms with Crippen LogP contribution in [0.3, 0.4) is 0 Å². The second-order valence-corrected chi connectivity index (χ2v) is 7.24. The van der Waals surface area contributed by atoms with Crippen molar-refractivity contribution in [3.05, 3.63) is 95.2 Å². The van der Waals surface area contributed by atoms with Crippen molar-refractivity contribution >= 4 is 23.1 Å². The van der Waals surface area contributed by atoms with Gasteiger partial charge in [-0.25, -0.2) is 8.78 Å². The number of carbonyl (C=O) groups excluding carboxylic acids is 2. The van der Waals surface area contributed by atoms with Crippen molar-refractivity contribution in [1.82, 2.24) is 4.90 Å². The average Bonchev–Trinajstić information content (AvgIpc) is 3.05. The predicted molar refractivity (Wildman–Crippen MR) is 118 cm³/mol. The standard InChI is InChI=1S/C25H20F2N2O4/c1-32-18-11-12-20(21(13-18)33-2)28-23-22(15-7-9-17(26)10-8-15)24(30)29(25(23)31)14-16-5-3-4-6-19(16)27/h3-13,28H,14H2,1-2H3. The Hall–Kier alpha value is -4.20. The first-order valence-corrected chi connectivity index (χ1v) is 10.0. The molecule has 0 aromatic heterocycles. The van der Waals surface area contributed by atoms with Crippen LogP contribution < -0.4 is 14.8 Å². The molecule has 1 aliphatic rings. The third-order valence-corrected chi connectivity index (χ3v) is 5.26. The molecule has 1 heterocycles. The summed E-state index contributed by atoms with van der Waals surface area (Å²) in [4.78, 5) is 27.6. The van der Waals surface area contributed by atoms with Gasteiger partial charge in [-0.1, -0.05) is 30.3 Å². The van der Waals surface area contributed by atoms with E-state index in [4.69, 9.17) is 9.47 Å². The van der Waals surface area contributed by atoms with E-state index in [-0.39, 0.29) is 23.4 Å². The summed E-state index contributed by atoms with van der Waals surface area (Å²) >= 11 is 0. The van der Waals surface area contributed by atoms with Crippen molar-refractivity contribution in [1.29, 1.82) is 0 Å². The third-order valence-electron chi connectivity index (χ3n) is 5.26. The number of rotatable bonds is 7. The lowest BCUT2D eigenvalue weighted by Gasteiger charge is -2.16. The first kappa shape index (κ1) is 22.0. The highest BCUT2D eigenvalue weighted by Crippen LogP contribution is 2.35. The summed E-state index contributed by atoms with van der Waals surface area (Å²) in [5.41, 5.74) is 0.990. The van der Waals surface area contributed by atoms with Crippen molar-refractivity contribution < 1.29 is 27.8 Å². The van der Waals surface area contributed by atoms with Crippen LogP contribution >= 0.6 is 0 Å². The molecule has 0 saturated carbocycles. The number of anilines is 1. The van der Waals surface area contributed by atoms with Crippen molar-refractivity contribution in [3.8, 4) is 11.5 Å². The second-order valence-electron chi connectivity index (χ2n) is 7.24. The molecule has 6 nitrogen and oxygen atoms in total. The normalized spacial score (nSPS) is 13.5. The summed E-state index contributed by atoms with van der Waals surface area (Å²) in [5, 5.41) is 2.98. The first-order chi connectivity index (χ1) is 15.9. The van der Waals surface area contributed by atoms with Gasteiger partial charge >= 0.3 is 0 Å². The van der Waals surface area contributed by atoms with E-state index in [0.29, 0.717) is 22.7 Å². The van der Waals surface area contributed by atoms with Gasteiger partial charge < -0.3 is 14.8 Å². The molecule has 0 bridgehead atoms. The lowest BCUT2D eigenvalue weighted by molar-refractivity contribution is -0.137. The van der Waals surface area contributed by atoms with Gasteiger partial charge in [-0.2, -0.15) is 0 Å². The van der Waals surface area contributed by atoms with Crippen LogP contribution in [0.1, 0.15) is 11.1 Å². The molecule has 0 aliphatic carbocycles. The molecule has 2 amide bonds. The lowest BCUT2D eigenvalue weighted by Crippen LogP contribution is -2.32. The number of benzene rings is 3. The third kappa shape index (κ3) is 4.27. The number of amides is 2. The Kier molecular flexibility index (Phi) is 6.08. The molecular weight excluding hydrogens is 430 g/mol. The number of carbonyl (C=O) groups is 2. The predicted octanol–water partition coefficient (Wildman–Crippen LogP) is 4.37. The van der Waals surface area contributed by atoms with E-state index in [1.807, 2.05) is 0 Å². The van der Waals surface area contributed by atoms with Crippen LogP contribution in [0.15, 0.2) is 72.4 Å².